The highest BCUT2D eigenvalue weighted by Gasteiger charge is 2.28. The third-order valence-corrected chi connectivity index (χ3v) is 3.59. The lowest BCUT2D eigenvalue weighted by Crippen LogP contribution is -2.46. The average Bonchev–Trinajstić information content (AvgIpc) is 2.45. The van der Waals surface area contributed by atoms with Gasteiger partial charge in [-0.3, -0.25) is 4.68 Å². The summed E-state index contributed by atoms with van der Waals surface area (Å²) in [5.74, 6) is 0. The Hall–Kier alpha value is -0.580. The maximum absolute atomic E-state index is 6.17. The summed E-state index contributed by atoms with van der Waals surface area (Å²) in [7, 11) is 3.54. The number of nitrogens with zero attached hydrogens (tertiary/aromatic N) is 2. The second kappa shape index (κ2) is 4.73. The molecule has 0 radical (unpaired) electrons. The second-order valence-corrected chi connectivity index (χ2v) is 4.97. The fourth-order valence-corrected chi connectivity index (χ4v) is 1.74. The van der Waals surface area contributed by atoms with Crippen molar-refractivity contribution >= 4 is 11.6 Å². The number of aromatic nitrogens is 2. The Morgan fingerprint density at radius 1 is 1.56 bits per heavy atom. The Balaban J connectivity index is 2.89. The Kier molecular flexibility index (Phi) is 3.99. The van der Waals surface area contributed by atoms with Crippen molar-refractivity contribution in [2.24, 2.45) is 12.8 Å². The van der Waals surface area contributed by atoms with Crippen molar-refractivity contribution in [2.45, 2.75) is 38.8 Å². The van der Waals surface area contributed by atoms with Crippen LogP contribution in [0.5, 0.6) is 0 Å². The highest BCUT2D eigenvalue weighted by molar-refractivity contribution is 6.31. The van der Waals surface area contributed by atoms with Crippen molar-refractivity contribution < 1.29 is 4.74 Å². The maximum atomic E-state index is 6.17. The number of rotatable bonds is 4. The van der Waals surface area contributed by atoms with Crippen molar-refractivity contribution in [3.05, 3.63) is 16.4 Å². The molecular formula is C11H20ClN3O. The van der Waals surface area contributed by atoms with Crippen LogP contribution in [-0.2, 0) is 18.2 Å². The molecule has 92 valence electrons. The number of nitrogens with two attached hydrogens (primary N) is 1. The molecular weight excluding hydrogens is 226 g/mol. The molecule has 0 saturated carbocycles. The zero-order valence-corrected chi connectivity index (χ0v) is 11.3. The molecule has 1 aromatic heterocycles. The molecule has 0 amide bonds. The standard InChI is InChI=1S/C11H20ClN3O/c1-7-10(12)8(15(4)14-7)6-9(13)11(2,3)16-5/h9H,6,13H2,1-5H3. The van der Waals surface area contributed by atoms with Crippen molar-refractivity contribution in [3.63, 3.8) is 0 Å². The first-order valence-corrected chi connectivity index (χ1v) is 5.66. The van der Waals surface area contributed by atoms with Crippen LogP contribution in [0, 0.1) is 6.92 Å². The van der Waals surface area contributed by atoms with Crippen LogP contribution in [0.1, 0.15) is 25.2 Å². The van der Waals surface area contributed by atoms with Crippen molar-refractivity contribution in [2.75, 3.05) is 7.11 Å². The van der Waals surface area contributed by atoms with Gasteiger partial charge < -0.3 is 10.5 Å². The Bertz CT molecular complexity index is 374. The van der Waals surface area contributed by atoms with Gasteiger partial charge in [-0.25, -0.2) is 0 Å². The molecule has 1 heterocycles. The molecule has 1 unspecified atom stereocenters. The first-order valence-electron chi connectivity index (χ1n) is 5.28. The lowest BCUT2D eigenvalue weighted by molar-refractivity contribution is 0.000402. The van der Waals surface area contributed by atoms with Crippen molar-refractivity contribution in [1.29, 1.82) is 0 Å². The van der Waals surface area contributed by atoms with Crippen LogP contribution in [0.4, 0.5) is 0 Å². The Morgan fingerprint density at radius 2 is 2.12 bits per heavy atom. The van der Waals surface area contributed by atoms with Gasteiger partial charge in [0.25, 0.3) is 0 Å². The van der Waals surface area contributed by atoms with E-state index >= 15 is 0 Å². The minimum absolute atomic E-state index is 0.121. The SMILES string of the molecule is COC(C)(C)C(N)Cc1c(Cl)c(C)nn1C. The molecule has 1 aromatic rings. The van der Waals surface area contributed by atoms with E-state index in [9.17, 15) is 0 Å². The van der Waals surface area contributed by atoms with Gasteiger partial charge in [0.2, 0.25) is 0 Å². The molecule has 0 saturated heterocycles. The quantitative estimate of drug-likeness (QED) is 0.878. The predicted octanol–water partition coefficient (Wildman–Crippen LogP) is 1.68. The molecule has 0 aliphatic rings. The van der Waals surface area contributed by atoms with E-state index in [1.807, 2.05) is 27.8 Å². The van der Waals surface area contributed by atoms with E-state index in [4.69, 9.17) is 22.1 Å². The average molecular weight is 246 g/mol. The molecule has 4 nitrogen and oxygen atoms in total. The molecule has 5 heteroatoms. The van der Waals surface area contributed by atoms with Gasteiger partial charge in [-0.1, -0.05) is 11.6 Å². The monoisotopic (exact) mass is 245 g/mol. The van der Waals surface area contributed by atoms with Gasteiger partial charge in [0, 0.05) is 26.6 Å². The number of ether oxygens (including phenoxy) is 1. The lowest BCUT2D eigenvalue weighted by Gasteiger charge is -2.30. The smallest absolute Gasteiger partial charge is 0.0847 e. The van der Waals surface area contributed by atoms with E-state index in [0.717, 1.165) is 11.4 Å². The molecule has 16 heavy (non-hydrogen) atoms. The van der Waals surface area contributed by atoms with Crippen LogP contribution in [0.2, 0.25) is 5.02 Å². The highest BCUT2D eigenvalue weighted by atomic mass is 35.5. The van der Waals surface area contributed by atoms with Crippen LogP contribution in [0.25, 0.3) is 0 Å². The first-order chi connectivity index (χ1) is 7.29. The second-order valence-electron chi connectivity index (χ2n) is 4.59. The van der Waals surface area contributed by atoms with Crippen molar-refractivity contribution in [3.8, 4) is 0 Å². The number of methoxy groups -OCH3 is 1. The first kappa shape index (κ1) is 13.5. The Labute approximate surface area is 102 Å². The van der Waals surface area contributed by atoms with E-state index < -0.39 is 0 Å². The topological polar surface area (TPSA) is 53.1 Å². The van der Waals surface area contributed by atoms with Crippen LogP contribution in [-0.4, -0.2) is 28.5 Å². The van der Waals surface area contributed by atoms with Crippen LogP contribution < -0.4 is 5.73 Å². The highest BCUT2D eigenvalue weighted by Crippen LogP contribution is 2.23. The van der Waals surface area contributed by atoms with E-state index in [-0.39, 0.29) is 11.6 Å². The van der Waals surface area contributed by atoms with Gasteiger partial charge in [0.05, 0.1) is 22.0 Å². The third kappa shape index (κ3) is 2.56. The molecule has 1 atom stereocenters. The summed E-state index contributed by atoms with van der Waals surface area (Å²) in [6.45, 7) is 5.82. The number of aryl methyl sites for hydroxylation is 2. The zero-order valence-electron chi connectivity index (χ0n) is 10.5. The summed E-state index contributed by atoms with van der Waals surface area (Å²) in [6.07, 6.45) is 0.650. The summed E-state index contributed by atoms with van der Waals surface area (Å²) in [5.41, 5.74) is 7.53. The van der Waals surface area contributed by atoms with Gasteiger partial charge in [-0.15, -0.1) is 0 Å². The van der Waals surface area contributed by atoms with Crippen molar-refractivity contribution in [1.82, 2.24) is 9.78 Å². The molecule has 0 aliphatic heterocycles. The minimum atomic E-state index is -0.374. The maximum Gasteiger partial charge on any atom is 0.0847 e. The largest absolute Gasteiger partial charge is 0.377 e. The fraction of sp³-hybridized carbons (Fsp3) is 0.727. The van der Waals surface area contributed by atoms with Crippen LogP contribution in [0.15, 0.2) is 0 Å². The fourth-order valence-electron chi connectivity index (χ4n) is 1.51. The van der Waals surface area contributed by atoms with Crippen LogP contribution >= 0.6 is 11.6 Å². The molecule has 0 bridgehead atoms. The number of halogens is 1. The van der Waals surface area contributed by atoms with E-state index in [0.29, 0.717) is 11.4 Å². The zero-order chi connectivity index (χ0) is 12.5. The summed E-state index contributed by atoms with van der Waals surface area (Å²) in [6, 6.07) is -0.121. The predicted molar refractivity (Wildman–Crippen MR) is 65.7 cm³/mol. The number of hydrogen-bond acceptors (Lipinski definition) is 3. The molecule has 0 aromatic carbocycles. The van der Waals surface area contributed by atoms with Gasteiger partial charge in [-0.05, 0) is 20.8 Å². The molecule has 0 aliphatic carbocycles. The Morgan fingerprint density at radius 3 is 2.50 bits per heavy atom. The molecule has 1 rings (SSSR count). The summed E-state index contributed by atoms with van der Waals surface area (Å²) in [5, 5.41) is 4.96. The van der Waals surface area contributed by atoms with E-state index in [2.05, 4.69) is 5.10 Å². The third-order valence-electron chi connectivity index (χ3n) is 3.09. The van der Waals surface area contributed by atoms with Gasteiger partial charge in [-0.2, -0.15) is 5.10 Å². The molecule has 2 N–H and O–H groups in total. The van der Waals surface area contributed by atoms with E-state index in [1.54, 1.807) is 11.8 Å². The molecule has 0 spiro atoms. The van der Waals surface area contributed by atoms with Gasteiger partial charge in [0.1, 0.15) is 0 Å². The molecule has 0 fully saturated rings. The summed E-state index contributed by atoms with van der Waals surface area (Å²) in [4.78, 5) is 0. The van der Waals surface area contributed by atoms with E-state index in [1.165, 1.54) is 0 Å². The van der Waals surface area contributed by atoms with Gasteiger partial charge in [0.15, 0.2) is 0 Å². The minimum Gasteiger partial charge on any atom is -0.377 e. The summed E-state index contributed by atoms with van der Waals surface area (Å²) >= 11 is 6.17. The summed E-state index contributed by atoms with van der Waals surface area (Å²) < 4.78 is 7.14. The normalized spacial score (nSPS) is 14.2. The number of hydrogen-bond donors (Lipinski definition) is 1. The van der Waals surface area contributed by atoms with Gasteiger partial charge >= 0.3 is 0 Å². The van der Waals surface area contributed by atoms with Crippen LogP contribution in [0.3, 0.4) is 0 Å². The lowest BCUT2D eigenvalue weighted by atomic mass is 9.95.